The fourth-order valence-electron chi connectivity index (χ4n) is 2.44. The van der Waals surface area contributed by atoms with Crippen molar-refractivity contribution < 1.29 is 18.8 Å². The van der Waals surface area contributed by atoms with Crippen molar-refractivity contribution in [3.8, 4) is 0 Å². The molecule has 1 heterocycles. The molecule has 0 N–H and O–H groups in total. The Balaban J connectivity index is 1.70. The van der Waals surface area contributed by atoms with E-state index in [-0.39, 0.29) is 30.6 Å². The average molecular weight is 297 g/mol. The molecule has 0 atom stereocenters. The van der Waals surface area contributed by atoms with Gasteiger partial charge in [0.15, 0.2) is 5.78 Å². The molecule has 0 unspecified atom stereocenters. The van der Waals surface area contributed by atoms with Crippen LogP contribution in [0.4, 0.5) is 4.39 Å². The van der Waals surface area contributed by atoms with Crippen molar-refractivity contribution >= 4 is 17.6 Å². The van der Waals surface area contributed by atoms with Gasteiger partial charge >= 0.3 is 0 Å². The van der Waals surface area contributed by atoms with Crippen molar-refractivity contribution in [1.82, 2.24) is 4.90 Å². The molecule has 0 spiro atoms. The van der Waals surface area contributed by atoms with Crippen molar-refractivity contribution in [3.05, 3.63) is 71.0 Å². The molecular weight excluding hydrogens is 285 g/mol. The number of fused-ring (bicyclic) bond motifs is 1. The number of carbonyl (C=O) groups is 3. The summed E-state index contributed by atoms with van der Waals surface area (Å²) in [5, 5.41) is 0. The van der Waals surface area contributed by atoms with Crippen LogP contribution in [0.2, 0.25) is 0 Å². The first kappa shape index (κ1) is 14.1. The lowest BCUT2D eigenvalue weighted by molar-refractivity contribution is 0.0649. The standard InChI is InChI=1S/C17H12FNO3/c18-12-7-5-11(6-8-12)15(20)9-10-19-16(21)13-3-1-2-4-14(13)17(19)22/h1-8H,9-10H2. The van der Waals surface area contributed by atoms with Crippen molar-refractivity contribution in [3.63, 3.8) is 0 Å². The fraction of sp³-hybridized carbons (Fsp3) is 0.118. The normalized spacial score (nSPS) is 13.4. The van der Waals surface area contributed by atoms with Crippen LogP contribution >= 0.6 is 0 Å². The minimum Gasteiger partial charge on any atom is -0.294 e. The van der Waals surface area contributed by atoms with E-state index in [1.807, 2.05) is 0 Å². The summed E-state index contributed by atoms with van der Waals surface area (Å²) in [6.45, 7) is 0.0164. The Labute approximate surface area is 126 Å². The lowest BCUT2D eigenvalue weighted by atomic mass is 10.1. The number of carbonyl (C=O) groups excluding carboxylic acids is 3. The minimum atomic E-state index is -0.420. The highest BCUT2D eigenvalue weighted by Gasteiger charge is 2.34. The maximum absolute atomic E-state index is 12.8. The van der Waals surface area contributed by atoms with Crippen LogP contribution in [-0.4, -0.2) is 29.0 Å². The summed E-state index contributed by atoms with van der Waals surface area (Å²) in [5.74, 6) is -1.42. The topological polar surface area (TPSA) is 54.5 Å². The van der Waals surface area contributed by atoms with Gasteiger partial charge in [-0.05, 0) is 36.4 Å². The molecular formula is C17H12FNO3. The van der Waals surface area contributed by atoms with E-state index in [2.05, 4.69) is 0 Å². The molecule has 0 saturated carbocycles. The molecule has 4 nitrogen and oxygen atoms in total. The van der Waals surface area contributed by atoms with Gasteiger partial charge in [-0.3, -0.25) is 19.3 Å². The zero-order chi connectivity index (χ0) is 15.7. The summed E-state index contributed by atoms with van der Waals surface area (Å²) in [7, 11) is 0. The van der Waals surface area contributed by atoms with E-state index >= 15 is 0 Å². The Kier molecular flexibility index (Phi) is 3.55. The second-order valence-corrected chi connectivity index (χ2v) is 4.99. The smallest absolute Gasteiger partial charge is 0.261 e. The van der Waals surface area contributed by atoms with Crippen molar-refractivity contribution in [2.75, 3.05) is 6.54 Å². The van der Waals surface area contributed by atoms with E-state index in [1.54, 1.807) is 24.3 Å². The van der Waals surface area contributed by atoms with Crippen LogP contribution < -0.4 is 0 Å². The highest BCUT2D eigenvalue weighted by atomic mass is 19.1. The van der Waals surface area contributed by atoms with Gasteiger partial charge in [-0.25, -0.2) is 4.39 Å². The number of nitrogens with zero attached hydrogens (tertiary/aromatic N) is 1. The molecule has 0 radical (unpaired) electrons. The van der Waals surface area contributed by atoms with Crippen LogP contribution in [-0.2, 0) is 0 Å². The third kappa shape index (κ3) is 2.41. The lowest BCUT2D eigenvalue weighted by Gasteiger charge is -2.13. The summed E-state index contributed by atoms with van der Waals surface area (Å²) < 4.78 is 12.8. The number of halogens is 1. The fourth-order valence-corrected chi connectivity index (χ4v) is 2.44. The molecule has 2 amide bonds. The first-order chi connectivity index (χ1) is 10.6. The van der Waals surface area contributed by atoms with E-state index < -0.39 is 5.82 Å². The molecule has 1 aliphatic rings. The number of imide groups is 1. The van der Waals surface area contributed by atoms with Gasteiger partial charge in [0.25, 0.3) is 11.8 Å². The Morgan fingerprint density at radius 3 is 2.00 bits per heavy atom. The molecule has 110 valence electrons. The zero-order valence-corrected chi connectivity index (χ0v) is 11.6. The van der Waals surface area contributed by atoms with Gasteiger partial charge < -0.3 is 0 Å². The summed E-state index contributed by atoms with van der Waals surface area (Å²) in [6.07, 6.45) is 0.0110. The monoisotopic (exact) mass is 297 g/mol. The third-order valence-electron chi connectivity index (χ3n) is 3.61. The van der Waals surface area contributed by atoms with Crippen molar-refractivity contribution in [1.29, 1.82) is 0 Å². The Morgan fingerprint density at radius 1 is 0.909 bits per heavy atom. The molecule has 3 rings (SSSR count). The number of hydrogen-bond donors (Lipinski definition) is 0. The molecule has 0 aromatic heterocycles. The van der Waals surface area contributed by atoms with Crippen LogP contribution in [0.5, 0.6) is 0 Å². The quantitative estimate of drug-likeness (QED) is 0.644. The molecule has 5 heteroatoms. The Morgan fingerprint density at radius 2 is 1.45 bits per heavy atom. The maximum Gasteiger partial charge on any atom is 0.261 e. The summed E-state index contributed by atoms with van der Waals surface area (Å²) in [4.78, 5) is 37.4. The largest absolute Gasteiger partial charge is 0.294 e. The van der Waals surface area contributed by atoms with Gasteiger partial charge in [0, 0.05) is 18.5 Å². The first-order valence-corrected chi connectivity index (χ1v) is 6.82. The van der Waals surface area contributed by atoms with E-state index in [1.165, 1.54) is 24.3 Å². The number of benzene rings is 2. The Hall–Kier alpha value is -2.82. The number of hydrogen-bond acceptors (Lipinski definition) is 3. The molecule has 1 aliphatic heterocycles. The highest BCUT2D eigenvalue weighted by Crippen LogP contribution is 2.22. The summed E-state index contributed by atoms with van der Waals surface area (Å²) in [5.41, 5.74) is 1.08. The molecule has 22 heavy (non-hydrogen) atoms. The van der Waals surface area contributed by atoms with Crippen LogP contribution in [0.1, 0.15) is 37.5 Å². The van der Waals surface area contributed by atoms with Crippen molar-refractivity contribution in [2.24, 2.45) is 0 Å². The first-order valence-electron chi connectivity index (χ1n) is 6.82. The van der Waals surface area contributed by atoms with Gasteiger partial charge in [-0.2, -0.15) is 0 Å². The summed E-state index contributed by atoms with van der Waals surface area (Å²) in [6, 6.07) is 11.8. The number of amides is 2. The predicted molar refractivity (Wildman–Crippen MR) is 77.2 cm³/mol. The van der Waals surface area contributed by atoms with Gasteiger partial charge in [0.2, 0.25) is 0 Å². The van der Waals surface area contributed by atoms with E-state index in [0.29, 0.717) is 16.7 Å². The van der Waals surface area contributed by atoms with E-state index in [4.69, 9.17) is 0 Å². The van der Waals surface area contributed by atoms with E-state index in [9.17, 15) is 18.8 Å². The SMILES string of the molecule is O=C(CCN1C(=O)c2ccccc2C1=O)c1ccc(F)cc1. The average Bonchev–Trinajstić information content (AvgIpc) is 2.78. The lowest BCUT2D eigenvalue weighted by Crippen LogP contribution is -2.31. The van der Waals surface area contributed by atoms with Crippen LogP contribution in [0, 0.1) is 5.82 Å². The van der Waals surface area contributed by atoms with Crippen molar-refractivity contribution in [2.45, 2.75) is 6.42 Å². The second kappa shape index (κ2) is 5.52. The summed E-state index contributed by atoms with van der Waals surface area (Å²) >= 11 is 0. The predicted octanol–water partition coefficient (Wildman–Crippen LogP) is 2.69. The van der Waals surface area contributed by atoms with Crippen LogP contribution in [0.3, 0.4) is 0 Å². The van der Waals surface area contributed by atoms with Gasteiger partial charge in [-0.1, -0.05) is 12.1 Å². The second-order valence-electron chi connectivity index (χ2n) is 4.99. The van der Waals surface area contributed by atoms with Gasteiger partial charge in [0.1, 0.15) is 5.82 Å². The number of rotatable bonds is 4. The zero-order valence-electron chi connectivity index (χ0n) is 11.6. The maximum atomic E-state index is 12.8. The van der Waals surface area contributed by atoms with Gasteiger partial charge in [0.05, 0.1) is 11.1 Å². The minimum absolute atomic E-state index is 0.0110. The van der Waals surface area contributed by atoms with E-state index in [0.717, 1.165) is 4.90 Å². The molecule has 0 bridgehead atoms. The van der Waals surface area contributed by atoms with Crippen LogP contribution in [0.15, 0.2) is 48.5 Å². The molecule has 2 aromatic carbocycles. The van der Waals surface area contributed by atoms with Crippen LogP contribution in [0.25, 0.3) is 0 Å². The number of Topliss-reactive ketones (excluding diaryl/α,β-unsaturated/α-hetero) is 1. The molecule has 0 saturated heterocycles. The number of ketones is 1. The highest BCUT2D eigenvalue weighted by molar-refractivity contribution is 6.21. The third-order valence-corrected chi connectivity index (χ3v) is 3.61. The molecule has 0 aliphatic carbocycles. The Bertz CT molecular complexity index is 733. The molecule has 0 fully saturated rings. The molecule has 2 aromatic rings. The van der Waals surface area contributed by atoms with Gasteiger partial charge in [-0.15, -0.1) is 0 Å².